The summed E-state index contributed by atoms with van der Waals surface area (Å²) in [5.74, 6) is 6.07. The number of aromatic nitrogens is 1. The predicted octanol–water partition coefficient (Wildman–Crippen LogP) is 1.05. The van der Waals surface area contributed by atoms with Crippen LogP contribution < -0.4 is 16.2 Å². The maximum atomic E-state index is 11.2. The molecule has 20 heavy (non-hydrogen) atoms. The molecule has 8 heteroatoms. The van der Waals surface area contributed by atoms with Gasteiger partial charge >= 0.3 is 5.69 Å². The van der Waals surface area contributed by atoms with Gasteiger partial charge in [0.05, 0.1) is 4.92 Å². The molecule has 0 bridgehead atoms. The second-order valence-corrected chi connectivity index (χ2v) is 4.84. The van der Waals surface area contributed by atoms with Crippen LogP contribution in [0, 0.1) is 10.1 Å². The third-order valence-electron chi connectivity index (χ3n) is 2.97. The summed E-state index contributed by atoms with van der Waals surface area (Å²) in [6.07, 6.45) is 0. The number of rotatable bonds is 7. The van der Waals surface area contributed by atoms with E-state index in [4.69, 9.17) is 5.84 Å². The lowest BCUT2D eigenvalue weighted by atomic mass is 10.2. The second kappa shape index (κ2) is 7.01. The van der Waals surface area contributed by atoms with Crippen molar-refractivity contribution in [3.63, 3.8) is 0 Å². The minimum Gasteiger partial charge on any atom is -0.347 e. The van der Waals surface area contributed by atoms with Crippen molar-refractivity contribution in [1.82, 2.24) is 9.88 Å². The highest BCUT2D eigenvalue weighted by molar-refractivity contribution is 5.62. The molecule has 0 aliphatic heterocycles. The summed E-state index contributed by atoms with van der Waals surface area (Å²) in [5, 5.41) is 11.2. The van der Waals surface area contributed by atoms with Crippen LogP contribution in [0.1, 0.15) is 13.8 Å². The molecule has 0 amide bonds. The second-order valence-electron chi connectivity index (χ2n) is 4.84. The number of nitro groups is 1. The van der Waals surface area contributed by atoms with E-state index < -0.39 is 4.92 Å². The smallest absolute Gasteiger partial charge is 0.311 e. The van der Waals surface area contributed by atoms with Gasteiger partial charge in [0.1, 0.15) is 5.82 Å². The molecule has 1 heterocycles. The maximum absolute atomic E-state index is 11.2. The van der Waals surface area contributed by atoms with Gasteiger partial charge < -0.3 is 15.2 Å². The Hall–Kier alpha value is -1.93. The summed E-state index contributed by atoms with van der Waals surface area (Å²) < 4.78 is 0. The summed E-state index contributed by atoms with van der Waals surface area (Å²) in [5.41, 5.74) is 2.40. The van der Waals surface area contributed by atoms with E-state index in [1.807, 2.05) is 37.7 Å². The van der Waals surface area contributed by atoms with Gasteiger partial charge in [0.2, 0.25) is 5.82 Å². The Kier molecular flexibility index (Phi) is 5.66. The summed E-state index contributed by atoms with van der Waals surface area (Å²) in [6.45, 7) is 5.35. The standard InChI is InChI=1S/C12H22N6O2/c1-5-17(9(2)8-16(3)4)12-10(18(19)20)6-7-11(14-12)15-13/h6-7,9H,5,8,13H2,1-4H3,(H,14,15). The average molecular weight is 282 g/mol. The number of hydrogen-bond acceptors (Lipinski definition) is 7. The van der Waals surface area contributed by atoms with E-state index >= 15 is 0 Å². The molecule has 112 valence electrons. The first kappa shape index (κ1) is 16.1. The number of nitrogens with one attached hydrogen (secondary N) is 1. The monoisotopic (exact) mass is 282 g/mol. The molecule has 8 nitrogen and oxygen atoms in total. The third-order valence-corrected chi connectivity index (χ3v) is 2.97. The van der Waals surface area contributed by atoms with E-state index in [-0.39, 0.29) is 11.7 Å². The Morgan fingerprint density at radius 3 is 2.60 bits per heavy atom. The molecule has 0 spiro atoms. The predicted molar refractivity (Wildman–Crippen MR) is 79.7 cm³/mol. The van der Waals surface area contributed by atoms with Crippen molar-refractivity contribution in [2.75, 3.05) is 37.5 Å². The lowest BCUT2D eigenvalue weighted by Gasteiger charge is -2.30. The molecular weight excluding hydrogens is 260 g/mol. The molecule has 1 aromatic rings. The van der Waals surface area contributed by atoms with E-state index in [0.29, 0.717) is 18.2 Å². The molecule has 0 aliphatic rings. The Bertz CT molecular complexity index is 465. The van der Waals surface area contributed by atoms with Gasteiger partial charge in [0.15, 0.2) is 0 Å². The molecule has 1 aromatic heterocycles. The van der Waals surface area contributed by atoms with Crippen LogP contribution >= 0.6 is 0 Å². The SMILES string of the molecule is CCN(c1nc(NN)ccc1[N+](=O)[O-])C(C)CN(C)C. The van der Waals surface area contributed by atoms with Gasteiger partial charge in [-0.15, -0.1) is 0 Å². The average Bonchev–Trinajstić information content (AvgIpc) is 2.38. The lowest BCUT2D eigenvalue weighted by Crippen LogP contribution is -2.41. The van der Waals surface area contributed by atoms with E-state index in [1.165, 1.54) is 12.1 Å². The zero-order valence-electron chi connectivity index (χ0n) is 12.3. The molecule has 1 rings (SSSR count). The van der Waals surface area contributed by atoms with Crippen molar-refractivity contribution >= 4 is 17.3 Å². The fraction of sp³-hybridized carbons (Fsp3) is 0.583. The molecular formula is C12H22N6O2. The highest BCUT2D eigenvalue weighted by atomic mass is 16.6. The van der Waals surface area contributed by atoms with Crippen LogP contribution in [-0.4, -0.2) is 48.0 Å². The normalized spacial score (nSPS) is 12.3. The first-order valence-corrected chi connectivity index (χ1v) is 6.44. The van der Waals surface area contributed by atoms with Crippen LogP contribution in [0.15, 0.2) is 12.1 Å². The molecule has 0 radical (unpaired) electrons. The van der Waals surface area contributed by atoms with Crippen LogP contribution in [0.2, 0.25) is 0 Å². The van der Waals surface area contributed by atoms with E-state index in [9.17, 15) is 10.1 Å². The molecule has 0 saturated carbocycles. The van der Waals surface area contributed by atoms with Crippen LogP contribution in [0.25, 0.3) is 0 Å². The molecule has 0 aromatic carbocycles. The molecule has 0 fully saturated rings. The first-order valence-electron chi connectivity index (χ1n) is 6.44. The number of nitrogens with zero attached hydrogens (tertiary/aromatic N) is 4. The zero-order chi connectivity index (χ0) is 15.3. The van der Waals surface area contributed by atoms with Crippen molar-refractivity contribution in [2.45, 2.75) is 19.9 Å². The first-order chi connectivity index (χ1) is 9.40. The number of nitrogens with two attached hydrogens (primary N) is 1. The van der Waals surface area contributed by atoms with Crippen LogP contribution in [0.5, 0.6) is 0 Å². The fourth-order valence-corrected chi connectivity index (χ4v) is 2.17. The van der Waals surface area contributed by atoms with Gasteiger partial charge in [0.25, 0.3) is 0 Å². The summed E-state index contributed by atoms with van der Waals surface area (Å²) in [4.78, 5) is 18.9. The highest BCUT2D eigenvalue weighted by Crippen LogP contribution is 2.28. The van der Waals surface area contributed by atoms with Gasteiger partial charge in [-0.05, 0) is 34.0 Å². The topological polar surface area (TPSA) is 101 Å². The lowest BCUT2D eigenvalue weighted by molar-refractivity contribution is -0.384. The van der Waals surface area contributed by atoms with Crippen LogP contribution in [-0.2, 0) is 0 Å². The van der Waals surface area contributed by atoms with E-state index in [0.717, 1.165) is 6.54 Å². The Labute approximate surface area is 118 Å². The van der Waals surface area contributed by atoms with Gasteiger partial charge in [0, 0.05) is 25.2 Å². The maximum Gasteiger partial charge on any atom is 0.311 e. The number of hydrogen-bond donors (Lipinski definition) is 2. The zero-order valence-corrected chi connectivity index (χ0v) is 12.3. The minimum absolute atomic E-state index is 0.0172. The molecule has 0 saturated heterocycles. The minimum atomic E-state index is -0.423. The van der Waals surface area contributed by atoms with Gasteiger partial charge in [-0.2, -0.15) is 0 Å². The number of likely N-dealkylation sites (N-methyl/N-ethyl adjacent to an activating group) is 2. The van der Waals surface area contributed by atoms with Crippen molar-refractivity contribution in [2.24, 2.45) is 5.84 Å². The Morgan fingerprint density at radius 1 is 1.50 bits per heavy atom. The van der Waals surface area contributed by atoms with Gasteiger partial charge in [-0.25, -0.2) is 10.8 Å². The van der Waals surface area contributed by atoms with Crippen molar-refractivity contribution in [3.05, 3.63) is 22.2 Å². The van der Waals surface area contributed by atoms with E-state index in [2.05, 4.69) is 10.4 Å². The van der Waals surface area contributed by atoms with E-state index in [1.54, 1.807) is 0 Å². The van der Waals surface area contributed by atoms with Gasteiger partial charge in [-0.1, -0.05) is 0 Å². The number of hydrazine groups is 1. The summed E-state index contributed by atoms with van der Waals surface area (Å²) >= 11 is 0. The number of anilines is 2. The van der Waals surface area contributed by atoms with Gasteiger partial charge in [-0.3, -0.25) is 10.1 Å². The third kappa shape index (κ3) is 3.78. The molecule has 1 atom stereocenters. The fourth-order valence-electron chi connectivity index (χ4n) is 2.17. The summed E-state index contributed by atoms with van der Waals surface area (Å²) in [6, 6.07) is 3.00. The molecule has 1 unspecified atom stereocenters. The van der Waals surface area contributed by atoms with Crippen LogP contribution in [0.3, 0.4) is 0 Å². The number of pyridine rings is 1. The van der Waals surface area contributed by atoms with Crippen molar-refractivity contribution in [1.29, 1.82) is 0 Å². The summed E-state index contributed by atoms with van der Waals surface area (Å²) in [7, 11) is 3.92. The highest BCUT2D eigenvalue weighted by Gasteiger charge is 2.24. The number of nitrogen functional groups attached to an aromatic ring is 1. The van der Waals surface area contributed by atoms with Crippen molar-refractivity contribution < 1.29 is 4.92 Å². The quantitative estimate of drug-likeness (QED) is 0.438. The molecule has 0 aliphatic carbocycles. The molecule has 3 N–H and O–H groups in total. The largest absolute Gasteiger partial charge is 0.347 e. The Balaban J connectivity index is 3.20. The van der Waals surface area contributed by atoms with Crippen molar-refractivity contribution in [3.8, 4) is 0 Å². The Morgan fingerprint density at radius 2 is 2.15 bits per heavy atom. The van der Waals surface area contributed by atoms with Crippen LogP contribution in [0.4, 0.5) is 17.3 Å².